The zero-order chi connectivity index (χ0) is 27.9. The number of aryl methyl sites for hydroxylation is 1. The van der Waals surface area contributed by atoms with Crippen molar-refractivity contribution in [1.82, 2.24) is 9.97 Å². The quantitative estimate of drug-likeness (QED) is 0.431. The number of nitrogens with one attached hydrogen (secondary N) is 1. The van der Waals surface area contributed by atoms with Crippen molar-refractivity contribution in [3.8, 4) is 11.5 Å². The summed E-state index contributed by atoms with van der Waals surface area (Å²) in [6.07, 6.45) is 4.83. The summed E-state index contributed by atoms with van der Waals surface area (Å²) in [7, 11) is -0.998. The largest absolute Gasteiger partial charge is 0.494 e. The van der Waals surface area contributed by atoms with Crippen LogP contribution in [0, 0.1) is 12.7 Å². The van der Waals surface area contributed by atoms with Gasteiger partial charge in [0.15, 0.2) is 6.10 Å². The van der Waals surface area contributed by atoms with Crippen molar-refractivity contribution in [1.29, 1.82) is 0 Å². The van der Waals surface area contributed by atoms with Crippen LogP contribution in [0.1, 0.15) is 24.8 Å². The Morgan fingerprint density at radius 1 is 1.12 bits per heavy atom. The minimum atomic E-state index is -2.56. The third-order valence-corrected chi connectivity index (χ3v) is 10.0. The Morgan fingerprint density at radius 3 is 2.75 bits per heavy atom. The number of rotatable bonds is 7. The van der Waals surface area contributed by atoms with Crippen LogP contribution in [0.3, 0.4) is 0 Å². The summed E-state index contributed by atoms with van der Waals surface area (Å²) in [5, 5.41) is 3.95. The van der Waals surface area contributed by atoms with Crippen LogP contribution in [-0.2, 0) is 23.9 Å². The maximum absolute atomic E-state index is 14.3. The molecular weight excluding hydrogens is 539 g/mol. The topological polar surface area (TPSA) is 113 Å². The van der Waals surface area contributed by atoms with Gasteiger partial charge in [-0.05, 0) is 44.4 Å². The summed E-state index contributed by atoms with van der Waals surface area (Å²) in [5.41, 5.74) is 2.35. The van der Waals surface area contributed by atoms with Gasteiger partial charge < -0.3 is 29.0 Å². The Labute approximate surface area is 232 Å². The van der Waals surface area contributed by atoms with Crippen molar-refractivity contribution in [3.05, 3.63) is 42.0 Å². The average Bonchev–Trinajstić information content (AvgIpc) is 3.56. The van der Waals surface area contributed by atoms with Crippen LogP contribution in [0.4, 0.5) is 21.6 Å². The molecule has 2 aromatic carbocycles. The maximum atomic E-state index is 14.3. The number of methoxy groups -OCH3 is 1. The molecule has 3 aliphatic heterocycles. The number of benzene rings is 2. The minimum Gasteiger partial charge on any atom is -0.494 e. The second-order valence-electron chi connectivity index (χ2n) is 10.4. The van der Waals surface area contributed by atoms with Crippen molar-refractivity contribution >= 4 is 37.8 Å². The van der Waals surface area contributed by atoms with Crippen LogP contribution in [-0.4, -0.2) is 77.5 Å². The van der Waals surface area contributed by atoms with Gasteiger partial charge in [0.1, 0.15) is 41.3 Å². The highest BCUT2D eigenvalue weighted by molar-refractivity contribution is 7.93. The van der Waals surface area contributed by atoms with Crippen LogP contribution in [0.25, 0.3) is 10.9 Å². The van der Waals surface area contributed by atoms with Crippen LogP contribution in [0.2, 0.25) is 0 Å². The Hall–Kier alpha value is -3.06. The molecule has 1 N–H and O–H groups in total. The lowest BCUT2D eigenvalue weighted by atomic mass is 10.1. The number of hydrogen-bond donors (Lipinski definition) is 1. The van der Waals surface area contributed by atoms with E-state index in [2.05, 4.69) is 15.3 Å². The third-order valence-electron chi connectivity index (χ3n) is 7.76. The van der Waals surface area contributed by atoms with Crippen LogP contribution in [0.15, 0.2) is 35.0 Å². The molecule has 12 heteroatoms. The summed E-state index contributed by atoms with van der Waals surface area (Å²) < 4.78 is 61.6. The normalized spacial score (nSPS) is 24.4. The van der Waals surface area contributed by atoms with E-state index in [-0.39, 0.29) is 23.6 Å². The van der Waals surface area contributed by atoms with Gasteiger partial charge in [0.25, 0.3) is 0 Å². The van der Waals surface area contributed by atoms with Gasteiger partial charge in [0.2, 0.25) is 0 Å². The number of ether oxygens (including phenoxy) is 5. The molecule has 10 nitrogen and oxygen atoms in total. The lowest BCUT2D eigenvalue weighted by Gasteiger charge is -2.23. The summed E-state index contributed by atoms with van der Waals surface area (Å²) >= 11 is 0. The molecule has 3 aliphatic rings. The first-order chi connectivity index (χ1) is 19.3. The number of nitrogens with zero attached hydrogens (tertiary/aromatic N) is 3. The fourth-order valence-electron chi connectivity index (χ4n) is 5.70. The highest BCUT2D eigenvalue weighted by atomic mass is 32.2. The van der Waals surface area contributed by atoms with Gasteiger partial charge >= 0.3 is 0 Å². The van der Waals surface area contributed by atoms with Gasteiger partial charge in [-0.15, -0.1) is 0 Å². The molecule has 3 fully saturated rings. The van der Waals surface area contributed by atoms with Crippen molar-refractivity contribution in [2.24, 2.45) is 4.36 Å². The fraction of sp³-hybridized carbons (Fsp3) is 0.500. The smallest absolute Gasteiger partial charge is 0.151 e. The van der Waals surface area contributed by atoms with E-state index in [1.54, 1.807) is 25.5 Å². The molecule has 3 aromatic rings. The van der Waals surface area contributed by atoms with Crippen molar-refractivity contribution < 1.29 is 32.3 Å². The predicted molar refractivity (Wildman–Crippen MR) is 149 cm³/mol. The molecule has 4 atom stereocenters. The second-order valence-corrected chi connectivity index (χ2v) is 12.9. The van der Waals surface area contributed by atoms with Gasteiger partial charge in [-0.2, -0.15) is 4.36 Å². The van der Waals surface area contributed by atoms with E-state index in [0.29, 0.717) is 78.9 Å². The van der Waals surface area contributed by atoms with Crippen molar-refractivity contribution in [2.45, 2.75) is 49.7 Å². The summed E-state index contributed by atoms with van der Waals surface area (Å²) in [4.78, 5) is 8.96. The number of halogens is 1. The second kappa shape index (κ2) is 11.1. The lowest BCUT2D eigenvalue weighted by Crippen LogP contribution is -2.32. The van der Waals surface area contributed by atoms with Gasteiger partial charge in [0.05, 0.1) is 40.8 Å². The van der Waals surface area contributed by atoms with E-state index in [9.17, 15) is 8.60 Å². The minimum absolute atomic E-state index is 0.000221. The van der Waals surface area contributed by atoms with Crippen molar-refractivity contribution in [2.75, 3.05) is 45.1 Å². The van der Waals surface area contributed by atoms with Gasteiger partial charge in [0, 0.05) is 48.3 Å². The maximum Gasteiger partial charge on any atom is 0.151 e. The molecule has 0 spiro atoms. The Kier molecular flexibility index (Phi) is 7.51. The molecule has 6 rings (SSSR count). The molecule has 40 heavy (non-hydrogen) atoms. The van der Waals surface area contributed by atoms with E-state index in [0.717, 1.165) is 12.0 Å². The summed E-state index contributed by atoms with van der Waals surface area (Å²) in [6.45, 7) is 4.04. The molecule has 0 radical (unpaired) electrons. The molecule has 0 saturated carbocycles. The average molecular weight is 573 g/mol. The summed E-state index contributed by atoms with van der Waals surface area (Å²) in [5.74, 6) is 0.890. The van der Waals surface area contributed by atoms with Gasteiger partial charge in [-0.25, -0.2) is 18.6 Å². The standard InChI is InChI=1S/C28H33FN4O6S/c1-16-25-20(13-21(26(16)35-2)33-40(3,34)18-6-9-36-10-7-18)30-15-31-28(25)32-19-5-4-17(29)12-23(19)39-24-14-38-22-8-11-37-27(22)24/h4-5,12-13,15,18,22,24,27H,6-11,14H2,1-3H3,(H,30,31,32)/t22-,24-,27+,40?/m1/s1. The highest BCUT2D eigenvalue weighted by Crippen LogP contribution is 2.41. The molecule has 214 valence electrons. The van der Waals surface area contributed by atoms with Crippen LogP contribution < -0.4 is 14.8 Å². The Balaban J connectivity index is 1.36. The monoisotopic (exact) mass is 572 g/mol. The van der Waals surface area contributed by atoms with E-state index < -0.39 is 15.5 Å². The Morgan fingerprint density at radius 2 is 1.95 bits per heavy atom. The molecule has 3 saturated heterocycles. The molecule has 0 bridgehead atoms. The van der Waals surface area contributed by atoms with E-state index in [1.165, 1.54) is 18.5 Å². The third kappa shape index (κ3) is 5.20. The first-order valence-electron chi connectivity index (χ1n) is 13.4. The first kappa shape index (κ1) is 27.1. The van der Waals surface area contributed by atoms with E-state index in [4.69, 9.17) is 28.0 Å². The first-order valence-corrected chi connectivity index (χ1v) is 15.4. The molecular formula is C28H33FN4O6S. The van der Waals surface area contributed by atoms with Gasteiger partial charge in [-0.3, -0.25) is 0 Å². The molecule has 4 heterocycles. The lowest BCUT2D eigenvalue weighted by molar-refractivity contribution is 0.0310. The van der Waals surface area contributed by atoms with Gasteiger partial charge in [-0.1, -0.05) is 0 Å². The molecule has 0 amide bonds. The highest BCUT2D eigenvalue weighted by Gasteiger charge is 2.43. The van der Waals surface area contributed by atoms with E-state index >= 15 is 0 Å². The molecule has 1 unspecified atom stereocenters. The molecule has 0 aliphatic carbocycles. The summed E-state index contributed by atoms with van der Waals surface area (Å²) in [6, 6.07) is 6.08. The Bertz CT molecular complexity index is 1540. The van der Waals surface area contributed by atoms with E-state index in [1.807, 2.05) is 6.92 Å². The SMILES string of the molecule is COc1c(N=S(C)(=O)C2CCOCC2)cc2ncnc(Nc3ccc(F)cc3O[C@@H]3CO[C@@H]4CCO[C@@H]43)c2c1C. The number of hydrogen-bond acceptors (Lipinski definition) is 10. The zero-order valence-electron chi connectivity index (χ0n) is 22.7. The van der Waals surface area contributed by atoms with Crippen molar-refractivity contribution in [3.63, 3.8) is 0 Å². The number of fused-ring (bicyclic) bond motifs is 2. The number of anilines is 2. The number of aromatic nitrogens is 2. The molecule has 1 aromatic heterocycles. The zero-order valence-corrected chi connectivity index (χ0v) is 23.5. The van der Waals surface area contributed by atoms with Crippen LogP contribution >= 0.6 is 0 Å². The predicted octanol–water partition coefficient (Wildman–Crippen LogP) is 4.67. The van der Waals surface area contributed by atoms with Crippen LogP contribution in [0.5, 0.6) is 11.5 Å². The fourth-order valence-corrected chi connectivity index (χ4v) is 7.44.